The fourth-order valence-corrected chi connectivity index (χ4v) is 3.26. The van der Waals surface area contributed by atoms with Gasteiger partial charge in [0, 0.05) is 36.2 Å². The van der Waals surface area contributed by atoms with Crippen LogP contribution >= 0.6 is 0 Å². The Hall–Kier alpha value is -2.83. The summed E-state index contributed by atoms with van der Waals surface area (Å²) in [4.78, 5) is 13.9. The number of aromatic nitrogens is 5. The first kappa shape index (κ1) is 24.4. The van der Waals surface area contributed by atoms with Gasteiger partial charge in [-0.3, -0.25) is 9.13 Å². The predicted octanol–water partition coefficient (Wildman–Crippen LogP) is -1.21. The smallest absolute Gasteiger partial charge is 1.00 e. The molecule has 31 heavy (non-hydrogen) atoms. The van der Waals surface area contributed by atoms with Gasteiger partial charge < -0.3 is 24.8 Å². The zero-order chi connectivity index (χ0) is 18.8. The normalized spacial score (nSPS) is 9.81. The summed E-state index contributed by atoms with van der Waals surface area (Å²) in [6, 6.07) is 26.2. The molecule has 3 heterocycles. The van der Waals surface area contributed by atoms with E-state index in [2.05, 4.69) is 34.2 Å². The van der Waals surface area contributed by atoms with Crippen LogP contribution in [-0.4, -0.2) is 24.1 Å². The average Bonchev–Trinajstić information content (AvgIpc) is 3.45. The zero-order valence-corrected chi connectivity index (χ0v) is 19.2. The molecule has 0 bridgehead atoms. The van der Waals surface area contributed by atoms with Gasteiger partial charge in [0.05, 0.1) is 0 Å². The van der Waals surface area contributed by atoms with Gasteiger partial charge in [-0.2, -0.15) is 0 Å². The van der Waals surface area contributed by atoms with Gasteiger partial charge in [-0.25, -0.2) is 15.0 Å². The minimum absolute atomic E-state index is 0. The molecule has 5 aromatic rings. The minimum atomic E-state index is 0. The molecular formula is C23H17Cl2N5V. The van der Waals surface area contributed by atoms with Crippen molar-refractivity contribution in [2.45, 2.75) is 0 Å². The number of rotatable bonds is 4. The minimum Gasteiger partial charge on any atom is -1.00 e. The Kier molecular flexibility index (Phi) is 8.66. The summed E-state index contributed by atoms with van der Waals surface area (Å²) in [5.41, 5.74) is 3.70. The van der Waals surface area contributed by atoms with Gasteiger partial charge in [0.2, 0.25) is 0 Å². The van der Waals surface area contributed by atoms with Crippen LogP contribution in [0, 0.1) is 0 Å². The molecule has 0 saturated carbocycles. The number of nitrogens with zero attached hydrogens (tertiary/aromatic N) is 5. The Morgan fingerprint density at radius 3 is 1.35 bits per heavy atom. The summed E-state index contributed by atoms with van der Waals surface area (Å²) in [5, 5.41) is 0. The molecule has 5 rings (SSSR count). The van der Waals surface area contributed by atoms with Crippen molar-refractivity contribution in [2.24, 2.45) is 0 Å². The molecule has 0 spiro atoms. The molecule has 0 N–H and O–H groups in total. The van der Waals surface area contributed by atoms with Crippen molar-refractivity contribution in [3.8, 4) is 34.4 Å². The molecule has 2 aromatic carbocycles. The first-order valence-corrected chi connectivity index (χ1v) is 9.05. The summed E-state index contributed by atoms with van der Waals surface area (Å²) in [6.45, 7) is 0. The predicted molar refractivity (Wildman–Crippen MR) is 109 cm³/mol. The van der Waals surface area contributed by atoms with Crippen LogP contribution in [0.3, 0.4) is 0 Å². The third-order valence-corrected chi connectivity index (χ3v) is 4.56. The number of benzene rings is 2. The number of hydrogen-bond donors (Lipinski definition) is 0. The number of imidazole rings is 2. The summed E-state index contributed by atoms with van der Waals surface area (Å²) >= 11 is 0. The number of halogens is 2. The van der Waals surface area contributed by atoms with Crippen molar-refractivity contribution in [1.29, 1.82) is 0 Å². The fraction of sp³-hybridized carbons (Fsp3) is 0. The van der Waals surface area contributed by atoms with E-state index in [-0.39, 0.29) is 43.4 Å². The van der Waals surface area contributed by atoms with Crippen molar-refractivity contribution >= 4 is 0 Å². The Morgan fingerprint density at radius 1 is 0.516 bits per heavy atom. The van der Waals surface area contributed by atoms with Crippen molar-refractivity contribution in [2.75, 3.05) is 0 Å². The van der Waals surface area contributed by atoms with Gasteiger partial charge in [0.1, 0.15) is 11.4 Å². The second-order valence-electron chi connectivity index (χ2n) is 6.32. The number of para-hydroxylation sites is 2. The van der Waals surface area contributed by atoms with Gasteiger partial charge >= 0.3 is 18.6 Å². The molecule has 0 fully saturated rings. The first-order chi connectivity index (χ1) is 13.9. The van der Waals surface area contributed by atoms with Crippen molar-refractivity contribution in [3.05, 3.63) is 104 Å². The molecule has 1 radical (unpaired) electrons. The topological polar surface area (TPSA) is 48.5 Å². The van der Waals surface area contributed by atoms with Crippen LogP contribution in [0.25, 0.3) is 34.4 Å². The van der Waals surface area contributed by atoms with E-state index in [1.54, 1.807) is 12.4 Å². The van der Waals surface area contributed by atoms with Gasteiger partial charge in [-0.1, -0.05) is 42.5 Å². The molecule has 0 amide bonds. The van der Waals surface area contributed by atoms with Crippen LogP contribution in [0.2, 0.25) is 0 Å². The van der Waals surface area contributed by atoms with Gasteiger partial charge in [-0.05, 0) is 36.4 Å². The molecule has 153 valence electrons. The summed E-state index contributed by atoms with van der Waals surface area (Å²) < 4.78 is 4.07. The second kappa shape index (κ2) is 11.0. The molecule has 0 atom stereocenters. The Bertz CT molecular complexity index is 1130. The average molecular weight is 485 g/mol. The van der Waals surface area contributed by atoms with Crippen molar-refractivity contribution in [3.63, 3.8) is 0 Å². The van der Waals surface area contributed by atoms with Crippen LogP contribution < -0.4 is 24.8 Å². The monoisotopic (exact) mass is 484 g/mol. The molecule has 3 aromatic heterocycles. The molecule has 0 aliphatic heterocycles. The van der Waals surface area contributed by atoms with Crippen molar-refractivity contribution < 1.29 is 43.4 Å². The van der Waals surface area contributed by atoms with E-state index in [1.807, 2.05) is 76.1 Å². The molecule has 0 aliphatic carbocycles. The standard InChI is InChI=1S/C23H17N5.2ClH.V/c1-3-8-18(9-4-1)27-16-14-24-22(27)20-12-7-13-21(26-20)23-25-15-17-28(23)19-10-5-2-6-11-19;;;/h1-17H;2*1H;/q;;;+2/p-2. The van der Waals surface area contributed by atoms with E-state index in [0.29, 0.717) is 0 Å². The van der Waals surface area contributed by atoms with E-state index in [9.17, 15) is 0 Å². The van der Waals surface area contributed by atoms with E-state index in [0.717, 1.165) is 34.4 Å². The molecule has 5 nitrogen and oxygen atoms in total. The molecule has 8 heteroatoms. The molecule has 0 aliphatic rings. The molecule has 0 unspecified atom stereocenters. The second-order valence-corrected chi connectivity index (χ2v) is 6.32. The van der Waals surface area contributed by atoms with Gasteiger partial charge in [0.15, 0.2) is 11.6 Å². The summed E-state index contributed by atoms with van der Waals surface area (Å²) in [7, 11) is 0. The van der Waals surface area contributed by atoms with E-state index in [4.69, 9.17) is 4.98 Å². The quantitative estimate of drug-likeness (QED) is 0.321. The molecule has 0 saturated heterocycles. The summed E-state index contributed by atoms with van der Waals surface area (Å²) in [6.07, 6.45) is 7.48. The summed E-state index contributed by atoms with van der Waals surface area (Å²) in [5.74, 6) is 1.59. The maximum absolute atomic E-state index is 4.86. The van der Waals surface area contributed by atoms with Gasteiger partial charge in [0.25, 0.3) is 0 Å². The van der Waals surface area contributed by atoms with Gasteiger partial charge in [-0.15, -0.1) is 0 Å². The maximum Gasteiger partial charge on any atom is 2.00 e. The fourth-order valence-electron chi connectivity index (χ4n) is 3.26. The zero-order valence-electron chi connectivity index (χ0n) is 16.3. The first-order valence-electron chi connectivity index (χ1n) is 9.05. The third kappa shape index (κ3) is 4.92. The largest absolute Gasteiger partial charge is 2.00 e. The van der Waals surface area contributed by atoms with Crippen molar-refractivity contribution in [1.82, 2.24) is 24.1 Å². The number of pyridine rings is 1. The number of hydrogen-bond acceptors (Lipinski definition) is 3. The van der Waals surface area contributed by atoms with Crippen LogP contribution in [0.15, 0.2) is 104 Å². The Morgan fingerprint density at radius 2 is 0.935 bits per heavy atom. The Labute approximate surface area is 204 Å². The van der Waals surface area contributed by atoms with Crippen LogP contribution in [0.5, 0.6) is 0 Å². The van der Waals surface area contributed by atoms with Crippen LogP contribution in [0.4, 0.5) is 0 Å². The third-order valence-electron chi connectivity index (χ3n) is 4.56. The molecular weight excluding hydrogens is 468 g/mol. The van der Waals surface area contributed by atoms with E-state index < -0.39 is 0 Å². The SMILES string of the molecule is [Cl-].[Cl-].[V+2].c1ccc(-n2ccnc2-c2cccc(-c3nccn3-c3ccccc3)n2)cc1. The van der Waals surface area contributed by atoms with E-state index >= 15 is 0 Å². The Balaban J connectivity index is 0.00000114. The van der Waals surface area contributed by atoms with Crippen LogP contribution in [0.1, 0.15) is 0 Å². The van der Waals surface area contributed by atoms with E-state index in [1.165, 1.54) is 0 Å². The van der Waals surface area contributed by atoms with Crippen LogP contribution in [-0.2, 0) is 18.6 Å². The maximum atomic E-state index is 4.86.